The zero-order chi connectivity index (χ0) is 76.5. The predicted octanol–water partition coefficient (Wildman–Crippen LogP) is 4.30. The van der Waals surface area contributed by atoms with Gasteiger partial charge >= 0.3 is 23.9 Å². The van der Waals surface area contributed by atoms with Crippen molar-refractivity contribution in [2.75, 3.05) is 155 Å². The summed E-state index contributed by atoms with van der Waals surface area (Å²) in [6.07, 6.45) is 1.00. The molecule has 0 aliphatic heterocycles. The fraction of sp³-hybridized carbons (Fsp3) is 0.459. The SMILES string of the molecule is COCCCNc1nc(C(=O)NC(CO)C(=O)OCc2ccccc2)c(NCCCOC)nc1C(=O)CC(CO)C(=O)OCc1ccccc1.COCCOCCCNc1nc(C(=O)NC(CO)C(=O)OCc2ccccc2)c(NCCCOCCOC)nc1C(=O)CC(CO)C(=O)OCc1ccccc1. The van der Waals surface area contributed by atoms with E-state index in [0.717, 1.165) is 16.7 Å². The van der Waals surface area contributed by atoms with E-state index in [2.05, 4.69) is 51.8 Å². The second-order valence-corrected chi connectivity index (χ2v) is 23.4. The quantitative estimate of drug-likeness (QED) is 0.0110. The van der Waals surface area contributed by atoms with Crippen LogP contribution in [-0.4, -0.2) is 234 Å². The predicted molar refractivity (Wildman–Crippen MR) is 386 cm³/mol. The van der Waals surface area contributed by atoms with E-state index in [9.17, 15) is 58.8 Å². The molecule has 576 valence electrons. The number of aliphatic hydroxyl groups is 4. The Balaban J connectivity index is 0.000000383. The van der Waals surface area contributed by atoms with Crippen molar-refractivity contribution in [3.8, 4) is 0 Å². The number of anilines is 4. The molecule has 0 aliphatic rings. The molecule has 4 unspecified atom stereocenters. The summed E-state index contributed by atoms with van der Waals surface area (Å²) >= 11 is 0. The second-order valence-electron chi connectivity index (χ2n) is 23.4. The maximum atomic E-state index is 13.9. The molecule has 2 amide bonds. The summed E-state index contributed by atoms with van der Waals surface area (Å²) in [4.78, 5) is 124. The lowest BCUT2D eigenvalue weighted by Crippen LogP contribution is -2.45. The van der Waals surface area contributed by atoms with Crippen molar-refractivity contribution >= 4 is 70.5 Å². The van der Waals surface area contributed by atoms with Crippen LogP contribution in [0.15, 0.2) is 121 Å². The van der Waals surface area contributed by atoms with Crippen LogP contribution in [0.4, 0.5) is 23.3 Å². The van der Waals surface area contributed by atoms with E-state index < -0.39 is 110 Å². The Labute approximate surface area is 615 Å². The number of Topliss-reactive ketones (excluding diaryl/α,β-unsaturated/α-hetero) is 2. The Bertz CT molecular complexity index is 3360. The van der Waals surface area contributed by atoms with Gasteiger partial charge in [-0.1, -0.05) is 121 Å². The van der Waals surface area contributed by atoms with E-state index >= 15 is 0 Å². The normalized spacial score (nSPS) is 12.0. The van der Waals surface area contributed by atoms with Crippen LogP contribution in [0.2, 0.25) is 0 Å². The molecule has 0 radical (unpaired) electrons. The van der Waals surface area contributed by atoms with Gasteiger partial charge in [0.25, 0.3) is 11.8 Å². The maximum Gasteiger partial charge on any atom is 0.331 e. The number of hydrogen-bond donors (Lipinski definition) is 10. The van der Waals surface area contributed by atoms with Gasteiger partial charge in [-0.2, -0.15) is 0 Å². The first-order chi connectivity index (χ1) is 51.6. The van der Waals surface area contributed by atoms with E-state index in [-0.39, 0.29) is 98.7 Å². The molecule has 0 aliphatic carbocycles. The van der Waals surface area contributed by atoms with Gasteiger partial charge in [0.05, 0.1) is 64.7 Å². The lowest BCUT2D eigenvalue weighted by molar-refractivity contribution is -0.152. The summed E-state index contributed by atoms with van der Waals surface area (Å²) in [6.45, 7) is 0.947. The first-order valence-corrected chi connectivity index (χ1v) is 34.5. The zero-order valence-electron chi connectivity index (χ0n) is 60.2. The molecule has 0 saturated heterocycles. The number of esters is 4. The summed E-state index contributed by atoms with van der Waals surface area (Å²) in [7, 11) is 6.19. The maximum absolute atomic E-state index is 13.9. The molecule has 4 atom stereocenters. The van der Waals surface area contributed by atoms with E-state index in [1.807, 2.05) is 24.3 Å². The highest BCUT2D eigenvalue weighted by Crippen LogP contribution is 2.25. The minimum absolute atomic E-state index is 0.0372. The number of rotatable bonds is 52. The Kier molecular flexibility index (Phi) is 41.9. The monoisotopic (exact) mass is 1480 g/mol. The van der Waals surface area contributed by atoms with Crippen LogP contribution in [0.1, 0.15) is 103 Å². The standard InChI is InChI=1S/C39H53N5O12.C35H45N5O10/c1-51-19-21-53-17-9-15-40-35-33(32(47)23-30(24-45)38(49)55-26-28-11-5-3-6-12-28)43-36(41-16-10-18-54-22-20-52-2)34(44-35)37(48)42-31(25-46)39(50)56-27-29-13-7-4-8-14-29;1-47-17-9-15-36-31-29(28(43)19-26(20-41)34(45)49-22-24-11-5-3-6-12-24)39-32(37-16-10-18-48-2)30(40-31)33(44)38-27(21-42)35(46)50-23-25-13-7-4-8-14-25/h3-8,11-14,30-31,45-46H,9-10,15-27H2,1-2H3,(H,40,44)(H,41,43)(H,42,48);3-8,11-14,26-27,41-42H,9-10,15-23H2,1-2H3,(H,36,40)(H,37,39)(H,38,44). The van der Waals surface area contributed by atoms with Crippen molar-refractivity contribution in [1.29, 1.82) is 0 Å². The molecule has 2 heterocycles. The molecule has 0 saturated carbocycles. The molecule has 2 aromatic heterocycles. The summed E-state index contributed by atoms with van der Waals surface area (Å²) in [5, 5.41) is 57.0. The third-order valence-corrected chi connectivity index (χ3v) is 15.2. The number of carbonyl (C=O) groups excluding carboxylic acids is 8. The highest BCUT2D eigenvalue weighted by atomic mass is 16.6. The second kappa shape index (κ2) is 51.2. The molecular formula is C74H98N10O22. The van der Waals surface area contributed by atoms with Gasteiger partial charge in [-0.05, 0) is 47.9 Å². The topological polar surface area (TPSA) is 434 Å². The number of aliphatic hydroxyl groups excluding tert-OH is 4. The van der Waals surface area contributed by atoms with E-state index in [4.69, 9.17) is 47.4 Å². The molecule has 0 bridgehead atoms. The molecular weight excluding hydrogens is 1380 g/mol. The number of aromatic nitrogens is 4. The first-order valence-electron chi connectivity index (χ1n) is 34.5. The number of methoxy groups -OCH3 is 4. The largest absolute Gasteiger partial charge is 0.461 e. The number of benzene rings is 4. The number of nitrogens with zero attached hydrogens (tertiary/aromatic N) is 4. The van der Waals surface area contributed by atoms with Crippen LogP contribution < -0.4 is 31.9 Å². The minimum atomic E-state index is -1.45. The van der Waals surface area contributed by atoms with Gasteiger partial charge in [-0.25, -0.2) is 29.5 Å². The van der Waals surface area contributed by atoms with Crippen LogP contribution in [0.5, 0.6) is 0 Å². The van der Waals surface area contributed by atoms with Crippen LogP contribution in [0.3, 0.4) is 0 Å². The van der Waals surface area contributed by atoms with Crippen molar-refractivity contribution in [3.63, 3.8) is 0 Å². The zero-order valence-corrected chi connectivity index (χ0v) is 60.2. The minimum Gasteiger partial charge on any atom is -0.461 e. The molecule has 6 rings (SSSR count). The molecule has 106 heavy (non-hydrogen) atoms. The van der Waals surface area contributed by atoms with Gasteiger partial charge in [-0.3, -0.25) is 28.8 Å². The molecule has 32 nitrogen and oxygen atoms in total. The first kappa shape index (κ1) is 86.6. The van der Waals surface area contributed by atoms with Crippen LogP contribution >= 0.6 is 0 Å². The highest BCUT2D eigenvalue weighted by Gasteiger charge is 2.33. The summed E-state index contributed by atoms with van der Waals surface area (Å²) in [5.74, 6) is -9.15. The van der Waals surface area contributed by atoms with E-state index in [0.29, 0.717) is 84.1 Å². The number of carbonyl (C=O) groups is 8. The van der Waals surface area contributed by atoms with Gasteiger partial charge in [0, 0.05) is 93.9 Å². The van der Waals surface area contributed by atoms with Crippen molar-refractivity contribution in [3.05, 3.63) is 166 Å². The summed E-state index contributed by atoms with van der Waals surface area (Å²) in [5.41, 5.74) is 1.92. The van der Waals surface area contributed by atoms with Crippen molar-refractivity contribution in [2.24, 2.45) is 11.8 Å². The molecule has 0 spiro atoms. The van der Waals surface area contributed by atoms with Gasteiger partial charge in [0.15, 0.2) is 69.7 Å². The lowest BCUT2D eigenvalue weighted by atomic mass is 10.0. The Hall–Kier alpha value is -10.0. The number of ketones is 2. The van der Waals surface area contributed by atoms with Crippen molar-refractivity contribution in [2.45, 2.75) is 77.0 Å². The van der Waals surface area contributed by atoms with Crippen molar-refractivity contribution < 1.29 is 106 Å². The average Bonchev–Trinajstić information content (AvgIpc) is 0.804. The lowest BCUT2D eigenvalue weighted by Gasteiger charge is -2.19. The molecule has 6 aromatic rings. The third-order valence-electron chi connectivity index (χ3n) is 15.2. The number of ether oxygens (including phenoxy) is 10. The van der Waals surface area contributed by atoms with E-state index in [1.54, 1.807) is 111 Å². The number of nitrogens with one attached hydrogen (secondary N) is 6. The fourth-order valence-corrected chi connectivity index (χ4v) is 9.42. The summed E-state index contributed by atoms with van der Waals surface area (Å²) in [6, 6.07) is 32.8. The molecule has 32 heteroatoms. The molecule has 10 N–H and O–H groups in total. The smallest absolute Gasteiger partial charge is 0.331 e. The van der Waals surface area contributed by atoms with Crippen LogP contribution in [0.25, 0.3) is 0 Å². The third kappa shape index (κ3) is 31.8. The van der Waals surface area contributed by atoms with Gasteiger partial charge < -0.3 is 99.7 Å². The van der Waals surface area contributed by atoms with Crippen LogP contribution in [0, 0.1) is 11.8 Å². The Morgan fingerprint density at radius 3 is 0.896 bits per heavy atom. The molecule has 0 fully saturated rings. The average molecular weight is 1480 g/mol. The van der Waals surface area contributed by atoms with Crippen molar-refractivity contribution in [1.82, 2.24) is 30.6 Å². The number of amides is 2. The van der Waals surface area contributed by atoms with Gasteiger partial charge in [0.1, 0.15) is 26.4 Å². The van der Waals surface area contributed by atoms with Gasteiger partial charge in [-0.15, -0.1) is 0 Å². The Morgan fingerprint density at radius 1 is 0.340 bits per heavy atom. The highest BCUT2D eigenvalue weighted by molar-refractivity contribution is 6.05. The van der Waals surface area contributed by atoms with Crippen LogP contribution in [-0.2, 0) is 93.0 Å². The van der Waals surface area contributed by atoms with E-state index in [1.165, 1.54) is 14.2 Å². The van der Waals surface area contributed by atoms with Gasteiger partial charge in [0.2, 0.25) is 0 Å². The molecule has 4 aromatic carbocycles. The summed E-state index contributed by atoms with van der Waals surface area (Å²) < 4.78 is 52.6. The number of hydrogen-bond acceptors (Lipinski definition) is 30. The fourth-order valence-electron chi connectivity index (χ4n) is 9.42. The Morgan fingerprint density at radius 2 is 0.613 bits per heavy atom.